The molecule has 0 bridgehead atoms. The smallest absolute Gasteiger partial charge is 0.291 e. The Kier molecular flexibility index (Phi) is 5.82. The largest absolute Gasteiger partial charge is 0.377 e. The van der Waals surface area contributed by atoms with Gasteiger partial charge in [0.05, 0.1) is 24.4 Å². The third kappa shape index (κ3) is 4.58. The number of rotatable bonds is 8. The molecule has 1 N–H and O–H groups in total. The van der Waals surface area contributed by atoms with Crippen molar-refractivity contribution in [3.8, 4) is 0 Å². The minimum absolute atomic E-state index is 0.158. The average Bonchev–Trinajstić information content (AvgIpc) is 2.38. The van der Waals surface area contributed by atoms with Gasteiger partial charge in [0.25, 0.3) is 5.56 Å². The minimum atomic E-state index is -0.158. The summed E-state index contributed by atoms with van der Waals surface area (Å²) in [6, 6.07) is 0. The van der Waals surface area contributed by atoms with Crippen molar-refractivity contribution in [2.45, 2.75) is 32.7 Å². The van der Waals surface area contributed by atoms with Gasteiger partial charge in [-0.3, -0.25) is 4.79 Å². The SMILES string of the molecule is C=C(C)COCCNc1c(Cl)cnn(CC2CCC2)c1=O. The van der Waals surface area contributed by atoms with Gasteiger partial charge in [-0.25, -0.2) is 4.68 Å². The highest BCUT2D eigenvalue weighted by Gasteiger charge is 2.20. The normalized spacial score (nSPS) is 14.8. The Morgan fingerprint density at radius 3 is 3.00 bits per heavy atom. The van der Waals surface area contributed by atoms with Crippen molar-refractivity contribution in [1.29, 1.82) is 0 Å². The molecule has 1 saturated carbocycles. The molecule has 0 unspecified atom stereocenters. The van der Waals surface area contributed by atoms with Crippen LogP contribution < -0.4 is 10.9 Å². The third-order valence-corrected chi connectivity index (χ3v) is 3.84. The van der Waals surface area contributed by atoms with E-state index in [1.165, 1.54) is 30.1 Å². The molecule has 6 heteroatoms. The Balaban J connectivity index is 1.92. The maximum Gasteiger partial charge on any atom is 0.291 e. The maximum absolute atomic E-state index is 12.3. The zero-order chi connectivity index (χ0) is 15.2. The van der Waals surface area contributed by atoms with E-state index < -0.39 is 0 Å². The first-order chi connectivity index (χ1) is 10.1. The molecule has 0 atom stereocenters. The monoisotopic (exact) mass is 311 g/mol. The van der Waals surface area contributed by atoms with Gasteiger partial charge in [0, 0.05) is 13.1 Å². The molecule has 1 aliphatic carbocycles. The van der Waals surface area contributed by atoms with E-state index in [4.69, 9.17) is 16.3 Å². The summed E-state index contributed by atoms with van der Waals surface area (Å²) >= 11 is 6.06. The maximum atomic E-state index is 12.3. The molecule has 0 aliphatic heterocycles. The van der Waals surface area contributed by atoms with Crippen molar-refractivity contribution in [2.75, 3.05) is 25.1 Å². The predicted molar refractivity (Wildman–Crippen MR) is 85.0 cm³/mol. The molecule has 1 aromatic heterocycles. The lowest BCUT2D eigenvalue weighted by Gasteiger charge is -2.25. The van der Waals surface area contributed by atoms with Gasteiger partial charge in [-0.2, -0.15) is 5.10 Å². The van der Waals surface area contributed by atoms with Crippen LogP contribution in [0.15, 0.2) is 23.1 Å². The van der Waals surface area contributed by atoms with Crippen LogP contribution in [-0.4, -0.2) is 29.5 Å². The lowest BCUT2D eigenvalue weighted by atomic mass is 9.85. The van der Waals surface area contributed by atoms with Gasteiger partial charge < -0.3 is 10.1 Å². The number of hydrogen-bond donors (Lipinski definition) is 1. The highest BCUT2D eigenvalue weighted by molar-refractivity contribution is 6.32. The molecule has 0 spiro atoms. The van der Waals surface area contributed by atoms with E-state index >= 15 is 0 Å². The Morgan fingerprint density at radius 1 is 1.62 bits per heavy atom. The second kappa shape index (κ2) is 7.61. The van der Waals surface area contributed by atoms with Gasteiger partial charge >= 0.3 is 0 Å². The summed E-state index contributed by atoms with van der Waals surface area (Å²) in [7, 11) is 0. The van der Waals surface area contributed by atoms with Crippen molar-refractivity contribution in [2.24, 2.45) is 5.92 Å². The molecule has 0 saturated heterocycles. The highest BCUT2D eigenvalue weighted by Crippen LogP contribution is 2.27. The topological polar surface area (TPSA) is 56.1 Å². The Labute approximate surface area is 129 Å². The van der Waals surface area contributed by atoms with Crippen LogP contribution in [0.25, 0.3) is 0 Å². The van der Waals surface area contributed by atoms with E-state index in [1.807, 2.05) is 6.92 Å². The second-order valence-electron chi connectivity index (χ2n) is 5.59. The molecule has 1 heterocycles. The molecule has 0 radical (unpaired) electrons. The van der Waals surface area contributed by atoms with Gasteiger partial charge in [0.15, 0.2) is 0 Å². The zero-order valence-corrected chi connectivity index (χ0v) is 13.2. The van der Waals surface area contributed by atoms with E-state index in [-0.39, 0.29) is 5.56 Å². The van der Waals surface area contributed by atoms with Crippen LogP contribution in [0.4, 0.5) is 5.69 Å². The van der Waals surface area contributed by atoms with Gasteiger partial charge in [-0.15, -0.1) is 0 Å². The summed E-state index contributed by atoms with van der Waals surface area (Å²) in [5.74, 6) is 0.572. The second-order valence-corrected chi connectivity index (χ2v) is 6.00. The van der Waals surface area contributed by atoms with Crippen LogP contribution in [0.5, 0.6) is 0 Å². The first-order valence-corrected chi connectivity index (χ1v) is 7.67. The fraction of sp³-hybridized carbons (Fsp3) is 0.600. The van der Waals surface area contributed by atoms with E-state index in [0.717, 1.165) is 5.57 Å². The summed E-state index contributed by atoms with van der Waals surface area (Å²) in [5.41, 5.74) is 1.22. The molecular weight excluding hydrogens is 290 g/mol. The highest BCUT2D eigenvalue weighted by atomic mass is 35.5. The summed E-state index contributed by atoms with van der Waals surface area (Å²) in [5, 5.41) is 7.51. The van der Waals surface area contributed by atoms with Crippen molar-refractivity contribution in [3.63, 3.8) is 0 Å². The Morgan fingerprint density at radius 2 is 2.38 bits per heavy atom. The molecule has 116 valence electrons. The summed E-state index contributed by atoms with van der Waals surface area (Å²) in [4.78, 5) is 12.3. The molecule has 2 rings (SSSR count). The molecule has 5 nitrogen and oxygen atoms in total. The summed E-state index contributed by atoms with van der Waals surface area (Å²) in [6.45, 7) is 7.89. The van der Waals surface area contributed by atoms with Crippen molar-refractivity contribution in [3.05, 3.63) is 33.7 Å². The summed E-state index contributed by atoms with van der Waals surface area (Å²) < 4.78 is 6.90. The average molecular weight is 312 g/mol. The van der Waals surface area contributed by atoms with Gasteiger partial charge in [0.1, 0.15) is 5.69 Å². The lowest BCUT2D eigenvalue weighted by molar-refractivity contribution is 0.167. The van der Waals surface area contributed by atoms with E-state index in [0.29, 0.717) is 42.9 Å². The fourth-order valence-electron chi connectivity index (χ4n) is 2.17. The molecule has 1 aliphatic rings. The molecule has 1 aromatic rings. The van der Waals surface area contributed by atoms with E-state index in [1.54, 1.807) is 0 Å². The molecule has 1 fully saturated rings. The molecular formula is C15H22ClN3O2. The van der Waals surface area contributed by atoms with Crippen molar-refractivity contribution >= 4 is 17.3 Å². The number of anilines is 1. The van der Waals surface area contributed by atoms with E-state index in [2.05, 4.69) is 17.0 Å². The minimum Gasteiger partial charge on any atom is -0.377 e. The van der Waals surface area contributed by atoms with Gasteiger partial charge in [-0.05, 0) is 25.7 Å². The number of ether oxygens (including phenoxy) is 1. The quantitative estimate of drug-likeness (QED) is 0.592. The standard InChI is InChI=1S/C15H22ClN3O2/c1-11(2)10-21-7-6-17-14-13(16)8-18-19(15(14)20)9-12-4-3-5-12/h8,12,17H,1,3-7,9-10H2,2H3. The van der Waals surface area contributed by atoms with Crippen molar-refractivity contribution < 1.29 is 4.74 Å². The van der Waals surface area contributed by atoms with Gasteiger partial charge in [-0.1, -0.05) is 30.2 Å². The van der Waals surface area contributed by atoms with Crippen LogP contribution in [-0.2, 0) is 11.3 Å². The number of hydrogen-bond acceptors (Lipinski definition) is 4. The number of halogens is 1. The lowest BCUT2D eigenvalue weighted by Crippen LogP contribution is -2.31. The van der Waals surface area contributed by atoms with E-state index in [9.17, 15) is 4.79 Å². The summed E-state index contributed by atoms with van der Waals surface area (Å²) in [6.07, 6.45) is 5.12. The Hall–Kier alpha value is -1.33. The first kappa shape index (κ1) is 16.0. The van der Waals surface area contributed by atoms with Crippen molar-refractivity contribution in [1.82, 2.24) is 9.78 Å². The predicted octanol–water partition coefficient (Wildman–Crippen LogP) is 2.70. The fourth-order valence-corrected chi connectivity index (χ4v) is 2.36. The van der Waals surface area contributed by atoms with Crippen LogP contribution in [0.2, 0.25) is 5.02 Å². The number of nitrogens with one attached hydrogen (secondary N) is 1. The molecule has 21 heavy (non-hydrogen) atoms. The number of aromatic nitrogens is 2. The molecule has 0 aromatic carbocycles. The van der Waals surface area contributed by atoms with Gasteiger partial charge in [0.2, 0.25) is 0 Å². The zero-order valence-electron chi connectivity index (χ0n) is 12.4. The first-order valence-electron chi connectivity index (χ1n) is 7.29. The van der Waals surface area contributed by atoms with Crippen LogP contribution in [0, 0.1) is 5.92 Å². The van der Waals surface area contributed by atoms with Crippen LogP contribution in [0.3, 0.4) is 0 Å². The third-order valence-electron chi connectivity index (χ3n) is 3.55. The van der Waals surface area contributed by atoms with Crippen LogP contribution >= 0.6 is 11.6 Å². The molecule has 0 amide bonds. The number of nitrogens with zero attached hydrogens (tertiary/aromatic N) is 2. The van der Waals surface area contributed by atoms with Crippen LogP contribution in [0.1, 0.15) is 26.2 Å². The Bertz CT molecular complexity index is 552.